The van der Waals surface area contributed by atoms with Gasteiger partial charge in [-0.2, -0.15) is 4.57 Å². The fourth-order valence-electron chi connectivity index (χ4n) is 3.85. The van der Waals surface area contributed by atoms with Crippen LogP contribution in [-0.2, 0) is 40.1 Å². The minimum Gasteiger partial charge on any atom is -0.543 e. The Kier molecular flexibility index (Phi) is 8.70. The number of rotatable bonds is 13. The van der Waals surface area contributed by atoms with Crippen LogP contribution in [0.25, 0.3) is 0 Å². The van der Waals surface area contributed by atoms with Crippen LogP contribution in [0.15, 0.2) is 46.3 Å². The molecule has 40 heavy (non-hydrogen) atoms. The summed E-state index contributed by atoms with van der Waals surface area (Å²) in [5.41, 5.74) is 0.0345. The summed E-state index contributed by atoms with van der Waals surface area (Å²) in [7, 11) is 0. The third-order valence-corrected chi connectivity index (χ3v) is 7.59. The number of hydrogen-bond acceptors (Lipinski definition) is 12. The third-order valence-electron chi connectivity index (χ3n) is 5.47. The molecule has 4 heterocycles. The predicted octanol–water partition coefficient (Wildman–Crippen LogP) is -2.52. The number of pyridine rings is 1. The van der Waals surface area contributed by atoms with E-state index >= 15 is 0 Å². The number of nitrogens with zero attached hydrogens (tertiary/aromatic N) is 4. The maximum atomic E-state index is 13.1. The van der Waals surface area contributed by atoms with E-state index in [1.807, 2.05) is 0 Å². The van der Waals surface area contributed by atoms with Crippen molar-refractivity contribution in [1.82, 2.24) is 15.2 Å². The number of aliphatic carboxylic acids is 2. The molecule has 0 saturated carbocycles. The summed E-state index contributed by atoms with van der Waals surface area (Å²) in [6.45, 7) is -0.763. The van der Waals surface area contributed by atoms with Gasteiger partial charge in [-0.15, -0.1) is 23.1 Å². The minimum atomic E-state index is -1.57. The lowest BCUT2D eigenvalue weighted by molar-refractivity contribution is -0.688. The Morgan fingerprint density at radius 3 is 2.77 bits per heavy atom. The molecule has 4 N–H and O–H groups in total. The third kappa shape index (κ3) is 6.07. The van der Waals surface area contributed by atoms with Crippen LogP contribution in [0.4, 0.5) is 10.8 Å². The second kappa shape index (κ2) is 12.3. The van der Waals surface area contributed by atoms with Crippen molar-refractivity contribution in [2.75, 3.05) is 23.0 Å². The average molecular weight is 590 g/mol. The van der Waals surface area contributed by atoms with Gasteiger partial charge in [0.1, 0.15) is 22.8 Å². The number of anilines is 2. The summed E-state index contributed by atoms with van der Waals surface area (Å²) < 4.78 is 1.63. The van der Waals surface area contributed by atoms with Crippen molar-refractivity contribution in [3.8, 4) is 0 Å². The first-order chi connectivity index (χ1) is 19.2. The second-order valence-electron chi connectivity index (χ2n) is 8.03. The molecule has 0 bridgehead atoms. The fraction of sp³-hybridized carbons (Fsp3) is 0.227. The number of hydrogen-bond donors (Lipinski definition) is 4. The zero-order valence-electron chi connectivity index (χ0n) is 20.1. The molecule has 2 aliphatic heterocycles. The fourth-order valence-corrected chi connectivity index (χ4v) is 5.84. The van der Waals surface area contributed by atoms with Gasteiger partial charge in [-0.25, -0.2) is 9.78 Å². The molecule has 0 aromatic carbocycles. The highest BCUT2D eigenvalue weighted by Crippen LogP contribution is 2.40. The largest absolute Gasteiger partial charge is 0.543 e. The first-order valence-electron chi connectivity index (χ1n) is 11.2. The monoisotopic (exact) mass is 589 g/mol. The number of nitrogens with one attached hydrogen (secondary N) is 3. The minimum absolute atomic E-state index is 0.0573. The van der Waals surface area contributed by atoms with E-state index in [4.69, 9.17) is 9.94 Å². The van der Waals surface area contributed by atoms with E-state index < -0.39 is 47.5 Å². The van der Waals surface area contributed by atoms with E-state index in [0.29, 0.717) is 24.1 Å². The smallest absolute Gasteiger partial charge is 0.344 e. The van der Waals surface area contributed by atoms with Gasteiger partial charge in [-0.1, -0.05) is 5.16 Å². The van der Waals surface area contributed by atoms with Crippen LogP contribution in [0, 0.1) is 0 Å². The molecule has 4 rings (SSSR count). The Bertz CT molecular complexity index is 1440. The van der Waals surface area contributed by atoms with Crippen molar-refractivity contribution in [3.63, 3.8) is 0 Å². The van der Waals surface area contributed by atoms with Crippen LogP contribution >= 0.6 is 23.1 Å². The zero-order chi connectivity index (χ0) is 28.8. The molecule has 1 saturated heterocycles. The summed E-state index contributed by atoms with van der Waals surface area (Å²) in [6.07, 6.45) is 4.13. The molecule has 0 spiro atoms. The highest BCUT2D eigenvalue weighted by molar-refractivity contribution is 8.00. The lowest BCUT2D eigenvalue weighted by Crippen LogP contribution is -2.71. The maximum absolute atomic E-state index is 13.1. The Balaban J connectivity index is 1.53. The average Bonchev–Trinajstić information content (AvgIpc) is 3.37. The van der Waals surface area contributed by atoms with Gasteiger partial charge in [-0.05, 0) is 6.07 Å². The summed E-state index contributed by atoms with van der Waals surface area (Å²) in [5, 5.41) is 32.4. The number of carboxylic acid groups (broad SMARTS) is 2. The van der Waals surface area contributed by atoms with Crippen LogP contribution in [0.2, 0.25) is 0 Å². The quantitative estimate of drug-likeness (QED) is 0.0627. The number of carbonyl (C=O) groups is 6. The number of carboxylic acids is 2. The normalized spacial score (nSPS) is 18.2. The number of amides is 4. The molecule has 16 nitrogen and oxygen atoms in total. The molecule has 208 valence electrons. The second-order valence-corrected chi connectivity index (χ2v) is 10.00. The predicted molar refractivity (Wildman–Crippen MR) is 135 cm³/mol. The standard InChI is InChI=1S/C22H19N7O9S2/c30-9-23-12-2-1-3-28(5-12)4-11-7-39-20-16(19(35)29(20)17(11)21(36)37)26-18(34)15(27-38-6-14(32)33)13-8-40-22(25-13)24-10-31/h1-3,5,8-10,16,20H,4,6-7H2,(H4-,23,24,25,26,30,31,32,33,34,36,37)/t16?,20-/m1/s1. The number of thiazole rings is 1. The maximum Gasteiger partial charge on any atom is 0.344 e. The van der Waals surface area contributed by atoms with Gasteiger partial charge < -0.3 is 35.8 Å². The van der Waals surface area contributed by atoms with Crippen molar-refractivity contribution >= 4 is 76.2 Å². The molecule has 0 radical (unpaired) electrons. The van der Waals surface area contributed by atoms with E-state index in [0.717, 1.165) is 16.2 Å². The SMILES string of the molecule is O=CNc1ccc[n+](CC2=C(C(=O)[O-])N3C(=O)C(NC(=O)C(=NOCC(=O)O)c4csc(NC=O)n4)[C@H]3SC2)c1. The van der Waals surface area contributed by atoms with Crippen molar-refractivity contribution in [3.05, 3.63) is 46.9 Å². The van der Waals surface area contributed by atoms with Crippen LogP contribution in [-0.4, -0.2) is 81.1 Å². The van der Waals surface area contributed by atoms with Gasteiger partial charge in [0.25, 0.3) is 11.8 Å². The zero-order valence-corrected chi connectivity index (χ0v) is 21.8. The molecule has 18 heteroatoms. The van der Waals surface area contributed by atoms with E-state index in [-0.39, 0.29) is 28.8 Å². The van der Waals surface area contributed by atoms with Crippen molar-refractivity contribution in [1.29, 1.82) is 0 Å². The molecule has 1 unspecified atom stereocenters. The van der Waals surface area contributed by atoms with E-state index in [2.05, 4.69) is 26.1 Å². The van der Waals surface area contributed by atoms with Gasteiger partial charge in [0.2, 0.25) is 19.4 Å². The summed E-state index contributed by atoms with van der Waals surface area (Å²) in [4.78, 5) is 80.1. The van der Waals surface area contributed by atoms with Gasteiger partial charge in [0.05, 0.1) is 11.7 Å². The number of β-lactam (4-membered cyclic amide) rings is 1. The molecule has 2 aromatic rings. The first-order valence-corrected chi connectivity index (χ1v) is 13.1. The van der Waals surface area contributed by atoms with Gasteiger partial charge >= 0.3 is 5.97 Å². The molecule has 0 aliphatic carbocycles. The Hall–Kier alpha value is -4.84. The number of thioether (sulfide) groups is 1. The molecule has 2 atom stereocenters. The number of oxime groups is 1. The van der Waals surface area contributed by atoms with Crippen molar-refractivity contribution in [2.24, 2.45) is 5.16 Å². The number of carbonyl (C=O) groups excluding carboxylic acids is 5. The van der Waals surface area contributed by atoms with Crippen molar-refractivity contribution < 1.29 is 48.4 Å². The molecule has 1 fully saturated rings. The topological polar surface area (TPSA) is 223 Å². The van der Waals surface area contributed by atoms with Crippen LogP contribution < -0.4 is 25.6 Å². The summed E-state index contributed by atoms with van der Waals surface area (Å²) in [6, 6.07) is 2.16. The van der Waals surface area contributed by atoms with E-state index in [1.54, 1.807) is 29.1 Å². The van der Waals surface area contributed by atoms with Gasteiger partial charge in [0.15, 0.2) is 29.8 Å². The molecule has 2 aliphatic rings. The van der Waals surface area contributed by atoms with Crippen molar-refractivity contribution in [2.45, 2.75) is 18.0 Å². The lowest BCUT2D eigenvalue weighted by Gasteiger charge is -2.50. The Morgan fingerprint density at radius 1 is 1.30 bits per heavy atom. The van der Waals surface area contributed by atoms with Crippen LogP contribution in [0.3, 0.4) is 0 Å². The highest BCUT2D eigenvalue weighted by Gasteiger charge is 2.53. The van der Waals surface area contributed by atoms with Gasteiger partial charge in [-0.3, -0.25) is 24.1 Å². The summed E-state index contributed by atoms with van der Waals surface area (Å²) in [5.74, 6) is -4.38. The lowest BCUT2D eigenvalue weighted by atomic mass is 10.0. The van der Waals surface area contributed by atoms with Crippen LogP contribution in [0.1, 0.15) is 5.69 Å². The number of aromatic nitrogens is 2. The van der Waals surface area contributed by atoms with E-state index in [9.17, 15) is 33.9 Å². The molecular formula is C22H19N7O9S2. The number of fused-ring (bicyclic) bond motifs is 1. The van der Waals surface area contributed by atoms with Crippen LogP contribution in [0.5, 0.6) is 0 Å². The first kappa shape index (κ1) is 28.2. The van der Waals surface area contributed by atoms with Gasteiger partial charge in [0, 0.05) is 22.8 Å². The Morgan fingerprint density at radius 2 is 2.08 bits per heavy atom. The van der Waals surface area contributed by atoms with E-state index in [1.165, 1.54) is 17.1 Å². The highest BCUT2D eigenvalue weighted by atomic mass is 32.2. The molecule has 2 aromatic heterocycles. The Labute approximate surface area is 232 Å². The summed E-state index contributed by atoms with van der Waals surface area (Å²) >= 11 is 2.17. The molecular weight excluding hydrogens is 570 g/mol. The molecule has 4 amide bonds.